The van der Waals surface area contributed by atoms with Gasteiger partial charge in [0.2, 0.25) is 0 Å². The lowest BCUT2D eigenvalue weighted by molar-refractivity contribution is -0.137. The van der Waals surface area contributed by atoms with Gasteiger partial charge in [-0.1, -0.05) is 0 Å². The van der Waals surface area contributed by atoms with Gasteiger partial charge in [0, 0.05) is 0 Å². The Hall–Kier alpha value is -2.86. The third-order valence-corrected chi connectivity index (χ3v) is 2.51. The topological polar surface area (TPSA) is 99.7 Å². The van der Waals surface area contributed by atoms with Gasteiger partial charge in [0.15, 0.2) is 11.6 Å². The van der Waals surface area contributed by atoms with Gasteiger partial charge in [0.1, 0.15) is 6.07 Å². The van der Waals surface area contributed by atoms with Gasteiger partial charge in [-0.3, -0.25) is 4.98 Å². The van der Waals surface area contributed by atoms with Gasteiger partial charge in [0.05, 0.1) is 29.2 Å². The molecule has 21 heavy (non-hydrogen) atoms. The van der Waals surface area contributed by atoms with Gasteiger partial charge < -0.3 is 10.7 Å². The Balaban J connectivity index is 2.34. The minimum Gasteiger partial charge on any atom is -0.338 e. The molecule has 2 rings (SSSR count). The van der Waals surface area contributed by atoms with Crippen molar-refractivity contribution in [2.24, 2.45) is 5.84 Å². The maximum absolute atomic E-state index is 12.6. The molecule has 0 amide bonds. The molecule has 108 valence electrons. The monoisotopic (exact) mass is 294 g/mol. The first-order chi connectivity index (χ1) is 9.94. The molecule has 0 unspecified atom stereocenters. The van der Waals surface area contributed by atoms with Crippen LogP contribution in [0.25, 0.3) is 0 Å². The molecule has 0 saturated carbocycles. The summed E-state index contributed by atoms with van der Waals surface area (Å²) in [7, 11) is 0. The summed E-state index contributed by atoms with van der Waals surface area (Å²) in [5.41, 5.74) is 1.42. The molecule has 1 heterocycles. The SMILES string of the molecule is N#Cc1cc(C(F)(F)F)ccc1Nc1cncc(NN)n1. The zero-order valence-corrected chi connectivity index (χ0v) is 10.4. The molecule has 1 aromatic carbocycles. The highest BCUT2D eigenvalue weighted by Gasteiger charge is 2.31. The molecule has 9 heteroatoms. The van der Waals surface area contributed by atoms with Crippen LogP contribution in [0.3, 0.4) is 0 Å². The van der Waals surface area contributed by atoms with Crippen molar-refractivity contribution in [2.75, 3.05) is 10.7 Å². The molecule has 0 saturated heterocycles. The highest BCUT2D eigenvalue weighted by atomic mass is 19.4. The summed E-state index contributed by atoms with van der Waals surface area (Å²) in [5.74, 6) is 5.68. The molecule has 1 aromatic heterocycles. The Kier molecular flexibility index (Phi) is 3.91. The first-order valence-electron chi connectivity index (χ1n) is 5.61. The number of nitrogens with zero attached hydrogens (tertiary/aromatic N) is 3. The van der Waals surface area contributed by atoms with Gasteiger partial charge in [-0.2, -0.15) is 18.4 Å². The van der Waals surface area contributed by atoms with E-state index in [0.29, 0.717) is 0 Å². The van der Waals surface area contributed by atoms with E-state index in [2.05, 4.69) is 20.7 Å². The highest BCUT2D eigenvalue weighted by Crippen LogP contribution is 2.32. The number of nitrogens with two attached hydrogens (primary N) is 1. The molecule has 0 bridgehead atoms. The van der Waals surface area contributed by atoms with Crippen molar-refractivity contribution in [3.63, 3.8) is 0 Å². The third-order valence-electron chi connectivity index (χ3n) is 2.51. The minimum absolute atomic E-state index is 0.155. The van der Waals surface area contributed by atoms with E-state index >= 15 is 0 Å². The summed E-state index contributed by atoms with van der Waals surface area (Å²) in [5, 5.41) is 11.7. The van der Waals surface area contributed by atoms with E-state index < -0.39 is 11.7 Å². The van der Waals surface area contributed by atoms with E-state index in [1.807, 2.05) is 0 Å². The molecule has 4 N–H and O–H groups in total. The third kappa shape index (κ3) is 3.37. The quantitative estimate of drug-likeness (QED) is 0.593. The van der Waals surface area contributed by atoms with Crippen LogP contribution >= 0.6 is 0 Å². The van der Waals surface area contributed by atoms with Crippen LogP contribution in [0, 0.1) is 11.3 Å². The van der Waals surface area contributed by atoms with E-state index in [0.717, 1.165) is 18.2 Å². The number of nitrogens with one attached hydrogen (secondary N) is 2. The standard InChI is InChI=1S/C12H9F3N6/c13-12(14,15)8-1-2-9(7(3-8)4-16)19-10-5-18-6-11(20-10)21-17/h1-3,5-6H,17H2,(H2,19,20,21). The van der Waals surface area contributed by atoms with Crippen LogP contribution in [-0.4, -0.2) is 9.97 Å². The fraction of sp³-hybridized carbons (Fsp3) is 0.0833. The predicted octanol–water partition coefficient (Wildman–Crippen LogP) is 2.40. The van der Waals surface area contributed by atoms with Crippen molar-refractivity contribution in [1.82, 2.24) is 9.97 Å². The summed E-state index contributed by atoms with van der Waals surface area (Å²) in [4.78, 5) is 7.83. The van der Waals surface area contributed by atoms with E-state index in [1.165, 1.54) is 12.4 Å². The molecule has 0 aliphatic heterocycles. The number of hydrazine groups is 1. The number of aromatic nitrogens is 2. The maximum Gasteiger partial charge on any atom is 0.416 e. The lowest BCUT2D eigenvalue weighted by atomic mass is 10.1. The normalized spacial score (nSPS) is 10.8. The first-order valence-corrected chi connectivity index (χ1v) is 5.61. The van der Waals surface area contributed by atoms with E-state index in [4.69, 9.17) is 11.1 Å². The van der Waals surface area contributed by atoms with Crippen molar-refractivity contribution in [1.29, 1.82) is 5.26 Å². The fourth-order valence-electron chi connectivity index (χ4n) is 1.56. The number of anilines is 3. The zero-order chi connectivity index (χ0) is 15.5. The number of alkyl halides is 3. The van der Waals surface area contributed by atoms with Gasteiger partial charge in [-0.25, -0.2) is 10.8 Å². The Labute approximate surface area is 117 Å². The number of hydrogen-bond donors (Lipinski definition) is 3. The number of nitrogen functional groups attached to an aromatic ring is 1. The molecule has 2 aromatic rings. The number of halogens is 3. The maximum atomic E-state index is 12.6. The molecule has 6 nitrogen and oxygen atoms in total. The van der Waals surface area contributed by atoms with Crippen LogP contribution in [0.4, 0.5) is 30.5 Å². The Morgan fingerprint density at radius 1 is 1.19 bits per heavy atom. The van der Waals surface area contributed by atoms with Gasteiger partial charge in [-0.15, -0.1) is 0 Å². The summed E-state index contributed by atoms with van der Waals surface area (Å²) >= 11 is 0. The zero-order valence-electron chi connectivity index (χ0n) is 10.4. The average molecular weight is 294 g/mol. The van der Waals surface area contributed by atoms with Crippen molar-refractivity contribution in [3.05, 3.63) is 41.7 Å². The predicted molar refractivity (Wildman–Crippen MR) is 69.3 cm³/mol. The highest BCUT2D eigenvalue weighted by molar-refractivity contribution is 5.65. The number of benzene rings is 1. The van der Waals surface area contributed by atoms with Crippen LogP contribution in [0.5, 0.6) is 0 Å². The number of rotatable bonds is 3. The van der Waals surface area contributed by atoms with E-state index in [9.17, 15) is 13.2 Å². The second-order valence-corrected chi connectivity index (χ2v) is 3.93. The van der Waals surface area contributed by atoms with Crippen LogP contribution in [-0.2, 0) is 6.18 Å². The second-order valence-electron chi connectivity index (χ2n) is 3.93. The lowest BCUT2D eigenvalue weighted by Crippen LogP contribution is -2.10. The van der Waals surface area contributed by atoms with Crippen LogP contribution in [0.2, 0.25) is 0 Å². The molecule has 0 atom stereocenters. The first kappa shape index (κ1) is 14.5. The van der Waals surface area contributed by atoms with Crippen molar-refractivity contribution in [3.8, 4) is 6.07 Å². The van der Waals surface area contributed by atoms with Crippen molar-refractivity contribution in [2.45, 2.75) is 6.18 Å². The number of nitriles is 1. The van der Waals surface area contributed by atoms with Gasteiger partial charge >= 0.3 is 6.18 Å². The van der Waals surface area contributed by atoms with E-state index in [1.54, 1.807) is 6.07 Å². The average Bonchev–Trinajstić information content (AvgIpc) is 2.46. The van der Waals surface area contributed by atoms with Crippen LogP contribution in [0.15, 0.2) is 30.6 Å². The Bertz CT molecular complexity index is 692. The number of hydrogen-bond acceptors (Lipinski definition) is 6. The molecule has 0 spiro atoms. The van der Waals surface area contributed by atoms with Gasteiger partial charge in [0.25, 0.3) is 0 Å². The summed E-state index contributed by atoms with van der Waals surface area (Å²) in [6.07, 6.45) is -1.80. The van der Waals surface area contributed by atoms with Crippen LogP contribution in [0.1, 0.15) is 11.1 Å². The summed E-state index contributed by atoms with van der Waals surface area (Å²) in [6.45, 7) is 0. The van der Waals surface area contributed by atoms with Crippen molar-refractivity contribution >= 4 is 17.3 Å². The van der Waals surface area contributed by atoms with Crippen LogP contribution < -0.4 is 16.6 Å². The molecule has 0 aliphatic rings. The summed E-state index contributed by atoms with van der Waals surface area (Å²) in [6, 6.07) is 4.51. The summed E-state index contributed by atoms with van der Waals surface area (Å²) < 4.78 is 37.8. The largest absolute Gasteiger partial charge is 0.416 e. The fourth-order valence-corrected chi connectivity index (χ4v) is 1.56. The molecular formula is C12H9F3N6. The smallest absolute Gasteiger partial charge is 0.338 e. The van der Waals surface area contributed by atoms with Gasteiger partial charge in [-0.05, 0) is 18.2 Å². The Morgan fingerprint density at radius 2 is 1.90 bits per heavy atom. The van der Waals surface area contributed by atoms with Crippen molar-refractivity contribution < 1.29 is 13.2 Å². The second kappa shape index (κ2) is 5.64. The minimum atomic E-state index is -4.51. The lowest BCUT2D eigenvalue weighted by Gasteiger charge is -2.11. The molecule has 0 fully saturated rings. The molecule has 0 radical (unpaired) electrons. The molecular weight excluding hydrogens is 285 g/mol. The molecule has 0 aliphatic carbocycles. The Morgan fingerprint density at radius 3 is 2.52 bits per heavy atom. The van der Waals surface area contributed by atoms with E-state index in [-0.39, 0.29) is 22.9 Å².